The number of hydrogen-bond donors (Lipinski definition) is 2. The van der Waals surface area contributed by atoms with Crippen LogP contribution in [0.15, 0.2) is 54.0 Å². The molecule has 30 heavy (non-hydrogen) atoms. The topological polar surface area (TPSA) is 72.1 Å². The first-order valence-corrected chi connectivity index (χ1v) is 10.2. The summed E-state index contributed by atoms with van der Waals surface area (Å²) in [4.78, 5) is 8.79. The van der Waals surface area contributed by atoms with Gasteiger partial charge in [-0.2, -0.15) is 5.10 Å². The number of nitrogens with zero attached hydrogens (tertiary/aromatic N) is 5. The van der Waals surface area contributed by atoms with Gasteiger partial charge in [-0.05, 0) is 44.4 Å². The second-order valence-electron chi connectivity index (χ2n) is 7.18. The van der Waals surface area contributed by atoms with Gasteiger partial charge >= 0.3 is 0 Å². The maximum atomic E-state index is 4.71. The van der Waals surface area contributed by atoms with Crippen LogP contribution in [0, 0.1) is 13.8 Å². The molecule has 0 aliphatic rings. The van der Waals surface area contributed by atoms with Gasteiger partial charge in [0, 0.05) is 44.3 Å². The lowest BCUT2D eigenvalue weighted by Gasteiger charge is -2.12. The molecule has 8 heteroatoms. The molecule has 7 nitrogen and oxygen atoms in total. The van der Waals surface area contributed by atoms with E-state index < -0.39 is 0 Å². The summed E-state index contributed by atoms with van der Waals surface area (Å²) in [5.41, 5.74) is 4.73. The smallest absolute Gasteiger partial charge is 0.191 e. The van der Waals surface area contributed by atoms with Crippen molar-refractivity contribution in [1.82, 2.24) is 30.0 Å². The van der Waals surface area contributed by atoms with Crippen LogP contribution in [0.3, 0.4) is 0 Å². The second kappa shape index (κ2) is 12.4. The number of aromatic nitrogens is 4. The van der Waals surface area contributed by atoms with Crippen LogP contribution in [-0.2, 0) is 19.6 Å². The zero-order valence-corrected chi connectivity index (χ0v) is 20.3. The Hall–Kier alpha value is -2.36. The van der Waals surface area contributed by atoms with Gasteiger partial charge in [0.05, 0.1) is 18.6 Å². The minimum atomic E-state index is 0. The van der Waals surface area contributed by atoms with E-state index in [0.717, 1.165) is 44.3 Å². The Balaban J connectivity index is 0.00000320. The van der Waals surface area contributed by atoms with Gasteiger partial charge in [-0.3, -0.25) is 4.68 Å². The monoisotopic (exact) mass is 521 g/mol. The third-order valence-electron chi connectivity index (χ3n) is 4.65. The number of aryl methyl sites for hydroxylation is 3. The maximum Gasteiger partial charge on any atom is 0.191 e. The second-order valence-corrected chi connectivity index (χ2v) is 7.18. The summed E-state index contributed by atoms with van der Waals surface area (Å²) in [6.45, 7) is 10.3. The van der Waals surface area contributed by atoms with Crippen LogP contribution in [0.1, 0.15) is 35.9 Å². The first-order chi connectivity index (χ1) is 14.1. The number of hydrogen-bond acceptors (Lipinski definition) is 3. The summed E-state index contributed by atoms with van der Waals surface area (Å²) in [6, 6.07) is 10.7. The number of guanidine groups is 1. The van der Waals surface area contributed by atoms with Crippen molar-refractivity contribution in [3.8, 4) is 0 Å². The molecule has 162 valence electrons. The molecule has 0 aliphatic carbocycles. The average Bonchev–Trinajstić information content (AvgIpc) is 3.33. The van der Waals surface area contributed by atoms with Crippen molar-refractivity contribution in [2.24, 2.45) is 4.99 Å². The van der Waals surface area contributed by atoms with Gasteiger partial charge in [-0.25, -0.2) is 9.98 Å². The minimum absolute atomic E-state index is 0. The van der Waals surface area contributed by atoms with E-state index in [4.69, 9.17) is 4.99 Å². The predicted molar refractivity (Wildman–Crippen MR) is 132 cm³/mol. The van der Waals surface area contributed by atoms with Crippen LogP contribution in [-0.4, -0.2) is 38.4 Å². The summed E-state index contributed by atoms with van der Waals surface area (Å²) in [7, 11) is 0. The molecule has 2 heterocycles. The largest absolute Gasteiger partial charge is 0.357 e. The van der Waals surface area contributed by atoms with Crippen molar-refractivity contribution in [1.29, 1.82) is 0 Å². The lowest BCUT2D eigenvalue weighted by molar-refractivity contribution is 0.555. The predicted octanol–water partition coefficient (Wildman–Crippen LogP) is 3.51. The Kier molecular flexibility index (Phi) is 9.85. The molecule has 0 radical (unpaired) electrons. The molecule has 0 bridgehead atoms. The Morgan fingerprint density at radius 3 is 2.50 bits per heavy atom. The van der Waals surface area contributed by atoms with E-state index in [1.807, 2.05) is 19.4 Å². The Labute approximate surface area is 196 Å². The van der Waals surface area contributed by atoms with Crippen molar-refractivity contribution >= 4 is 29.9 Å². The van der Waals surface area contributed by atoms with Gasteiger partial charge in [0.2, 0.25) is 0 Å². The number of halogens is 1. The third-order valence-corrected chi connectivity index (χ3v) is 4.65. The van der Waals surface area contributed by atoms with E-state index in [-0.39, 0.29) is 24.0 Å². The van der Waals surface area contributed by atoms with Gasteiger partial charge < -0.3 is 15.2 Å². The fraction of sp³-hybridized carbons (Fsp3) is 0.409. The Morgan fingerprint density at radius 1 is 1.10 bits per heavy atom. The lowest BCUT2D eigenvalue weighted by atomic mass is 10.1. The normalized spacial score (nSPS) is 11.2. The number of imidazole rings is 1. The summed E-state index contributed by atoms with van der Waals surface area (Å²) >= 11 is 0. The van der Waals surface area contributed by atoms with Gasteiger partial charge in [0.25, 0.3) is 0 Å². The molecule has 1 aromatic carbocycles. The quantitative estimate of drug-likeness (QED) is 0.196. The summed E-state index contributed by atoms with van der Waals surface area (Å²) < 4.78 is 4.12. The molecule has 0 saturated carbocycles. The Bertz CT molecular complexity index is 898. The van der Waals surface area contributed by atoms with Crippen LogP contribution in [0.25, 0.3) is 0 Å². The number of benzene rings is 1. The van der Waals surface area contributed by atoms with Crippen LogP contribution >= 0.6 is 24.0 Å². The highest BCUT2D eigenvalue weighted by atomic mass is 127. The standard InChI is InChI=1S/C22H31N7.HI/c1-4-24-22(25-10-5-12-29-19(3)14-18(2)27-29)26-15-20-6-8-21(9-7-20)16-28-13-11-23-17-28;/h6-9,11,13-14,17H,4-5,10,12,15-16H2,1-3H3,(H2,24,25,26);1H. The van der Waals surface area contributed by atoms with E-state index in [9.17, 15) is 0 Å². The third kappa shape index (κ3) is 7.47. The number of nitrogens with one attached hydrogen (secondary N) is 2. The molecule has 3 aromatic rings. The molecule has 2 N–H and O–H groups in total. The number of rotatable bonds is 9. The van der Waals surface area contributed by atoms with E-state index in [2.05, 4.69) is 74.1 Å². The highest BCUT2D eigenvalue weighted by molar-refractivity contribution is 14.0. The molecule has 0 spiro atoms. The summed E-state index contributed by atoms with van der Waals surface area (Å²) in [6.07, 6.45) is 6.60. The molecule has 0 unspecified atom stereocenters. The van der Waals surface area contributed by atoms with E-state index in [0.29, 0.717) is 6.54 Å². The molecular weight excluding hydrogens is 489 g/mol. The molecule has 0 atom stereocenters. The van der Waals surface area contributed by atoms with Crippen LogP contribution < -0.4 is 10.6 Å². The Morgan fingerprint density at radius 2 is 1.87 bits per heavy atom. The fourth-order valence-corrected chi connectivity index (χ4v) is 3.19. The highest BCUT2D eigenvalue weighted by Gasteiger charge is 2.02. The van der Waals surface area contributed by atoms with E-state index in [1.165, 1.54) is 16.8 Å². The molecule has 0 fully saturated rings. The van der Waals surface area contributed by atoms with Crippen molar-refractivity contribution in [3.63, 3.8) is 0 Å². The van der Waals surface area contributed by atoms with Crippen LogP contribution in [0.5, 0.6) is 0 Å². The van der Waals surface area contributed by atoms with Crippen LogP contribution in [0.2, 0.25) is 0 Å². The molecule has 0 saturated heterocycles. The van der Waals surface area contributed by atoms with Gasteiger partial charge in [0.15, 0.2) is 5.96 Å². The van der Waals surface area contributed by atoms with Crippen molar-refractivity contribution in [2.75, 3.05) is 13.1 Å². The summed E-state index contributed by atoms with van der Waals surface area (Å²) in [5.74, 6) is 0.850. The SMILES string of the molecule is CCNC(=NCc1ccc(Cn2ccnc2)cc1)NCCCn1nc(C)cc1C.I. The zero-order valence-electron chi connectivity index (χ0n) is 18.0. The highest BCUT2D eigenvalue weighted by Crippen LogP contribution is 2.07. The van der Waals surface area contributed by atoms with Crippen molar-refractivity contribution < 1.29 is 0 Å². The minimum Gasteiger partial charge on any atom is -0.357 e. The average molecular weight is 521 g/mol. The maximum absolute atomic E-state index is 4.71. The zero-order chi connectivity index (χ0) is 20.5. The first-order valence-electron chi connectivity index (χ1n) is 10.2. The van der Waals surface area contributed by atoms with E-state index >= 15 is 0 Å². The fourth-order valence-electron chi connectivity index (χ4n) is 3.19. The van der Waals surface area contributed by atoms with Crippen LogP contribution in [0.4, 0.5) is 0 Å². The molecular formula is C22H32IN7. The van der Waals surface area contributed by atoms with E-state index in [1.54, 1.807) is 6.20 Å². The van der Waals surface area contributed by atoms with Crippen molar-refractivity contribution in [3.05, 3.63) is 71.6 Å². The van der Waals surface area contributed by atoms with Gasteiger partial charge in [-0.1, -0.05) is 24.3 Å². The number of aliphatic imine (C=N–C) groups is 1. The molecule has 0 aliphatic heterocycles. The molecule has 0 amide bonds. The van der Waals surface area contributed by atoms with Gasteiger partial charge in [0.1, 0.15) is 0 Å². The summed E-state index contributed by atoms with van der Waals surface area (Å²) in [5, 5.41) is 11.2. The van der Waals surface area contributed by atoms with Gasteiger partial charge in [-0.15, -0.1) is 24.0 Å². The first kappa shape index (κ1) is 23.9. The molecule has 2 aromatic heterocycles. The lowest BCUT2D eigenvalue weighted by Crippen LogP contribution is -2.38. The van der Waals surface area contributed by atoms with Crippen molar-refractivity contribution in [2.45, 2.75) is 46.8 Å². The molecule has 3 rings (SSSR count).